The van der Waals surface area contributed by atoms with Crippen LogP contribution in [-0.4, -0.2) is 26.3 Å². The molecule has 0 bridgehead atoms. The number of nitrogens with zero attached hydrogens (tertiary/aromatic N) is 3. The first kappa shape index (κ1) is 10.8. The fourth-order valence-corrected chi connectivity index (χ4v) is 2.12. The van der Waals surface area contributed by atoms with Crippen LogP contribution in [0.2, 0.25) is 0 Å². The molecule has 0 saturated heterocycles. The Morgan fingerprint density at radius 1 is 1.44 bits per heavy atom. The van der Waals surface area contributed by atoms with Gasteiger partial charge in [-0.2, -0.15) is 5.10 Å². The molecule has 0 aliphatic carbocycles. The van der Waals surface area contributed by atoms with E-state index in [-0.39, 0.29) is 5.91 Å². The van der Waals surface area contributed by atoms with Gasteiger partial charge in [0, 0.05) is 5.39 Å². The third kappa shape index (κ3) is 1.84. The number of rotatable bonds is 2. The van der Waals surface area contributed by atoms with E-state index in [9.17, 15) is 4.79 Å². The molecule has 1 amide bonds. The number of carbonyl (C=O) groups is 1. The largest absolute Gasteiger partial charge is 0.295 e. The molecule has 0 saturated carbocycles. The van der Waals surface area contributed by atoms with Gasteiger partial charge in [-0.15, -0.1) is 10.2 Å². The number of nitrogens with one attached hydrogen (secondary N) is 2. The summed E-state index contributed by atoms with van der Waals surface area (Å²) in [6.45, 7) is 1.97. The lowest BCUT2D eigenvalue weighted by molar-refractivity contribution is 0.102. The summed E-state index contributed by atoms with van der Waals surface area (Å²) in [5.41, 5.74) is 3.84. The number of benzene rings is 1. The number of aromatic amines is 1. The highest BCUT2D eigenvalue weighted by Crippen LogP contribution is 2.19. The summed E-state index contributed by atoms with van der Waals surface area (Å²) < 4.78 is 0. The quantitative estimate of drug-likeness (QED) is 0.737. The topological polar surface area (TPSA) is 83.6 Å². The molecule has 0 unspecified atom stereocenters. The Morgan fingerprint density at radius 2 is 2.33 bits per heavy atom. The van der Waals surface area contributed by atoms with Gasteiger partial charge in [0.05, 0.1) is 5.52 Å². The molecule has 2 heterocycles. The maximum Gasteiger partial charge on any atom is 0.278 e. The van der Waals surface area contributed by atoms with E-state index in [0.29, 0.717) is 10.8 Å². The number of hydrogen-bond acceptors (Lipinski definition) is 5. The average Bonchev–Trinajstić information content (AvgIpc) is 2.97. The predicted molar refractivity (Wildman–Crippen MR) is 68.7 cm³/mol. The van der Waals surface area contributed by atoms with Gasteiger partial charge in [-0.05, 0) is 19.1 Å². The number of hydrogen-bond donors (Lipinski definition) is 2. The smallest absolute Gasteiger partial charge is 0.278 e. The minimum Gasteiger partial charge on any atom is -0.295 e. The number of aromatic nitrogens is 4. The maximum absolute atomic E-state index is 12.0. The van der Waals surface area contributed by atoms with Gasteiger partial charge < -0.3 is 0 Å². The van der Waals surface area contributed by atoms with Gasteiger partial charge in [0.15, 0.2) is 5.69 Å². The molecule has 18 heavy (non-hydrogen) atoms. The molecule has 6 nitrogen and oxygen atoms in total. The highest BCUT2D eigenvalue weighted by Gasteiger charge is 2.15. The molecular formula is C11H9N5OS. The lowest BCUT2D eigenvalue weighted by Gasteiger charge is -1.98. The van der Waals surface area contributed by atoms with E-state index in [1.807, 2.05) is 25.1 Å². The number of aryl methyl sites for hydroxylation is 1. The van der Waals surface area contributed by atoms with E-state index < -0.39 is 0 Å². The third-order valence-corrected chi connectivity index (χ3v) is 3.12. The van der Waals surface area contributed by atoms with Crippen molar-refractivity contribution in [1.29, 1.82) is 0 Å². The average molecular weight is 259 g/mol. The number of fused-ring (bicyclic) bond motifs is 1. The van der Waals surface area contributed by atoms with Crippen molar-refractivity contribution in [2.75, 3.05) is 5.32 Å². The van der Waals surface area contributed by atoms with Crippen LogP contribution >= 0.6 is 11.3 Å². The SMILES string of the molecule is Cc1ccc2[nH]nc(C(=O)Nc3nncs3)c2c1. The Bertz CT molecular complexity index is 703. The summed E-state index contributed by atoms with van der Waals surface area (Å²) >= 11 is 1.26. The van der Waals surface area contributed by atoms with E-state index >= 15 is 0 Å². The molecule has 0 atom stereocenters. The molecule has 0 aliphatic heterocycles. The van der Waals surface area contributed by atoms with Crippen molar-refractivity contribution in [3.63, 3.8) is 0 Å². The number of H-pyrrole nitrogens is 1. The lowest BCUT2D eigenvalue weighted by atomic mass is 10.1. The lowest BCUT2D eigenvalue weighted by Crippen LogP contribution is -2.12. The van der Waals surface area contributed by atoms with Gasteiger partial charge in [0.1, 0.15) is 5.51 Å². The molecule has 7 heteroatoms. The van der Waals surface area contributed by atoms with Crippen LogP contribution in [0.15, 0.2) is 23.7 Å². The molecule has 1 aromatic carbocycles. The number of carbonyl (C=O) groups excluding carboxylic acids is 1. The predicted octanol–water partition coefficient (Wildman–Crippen LogP) is 1.98. The summed E-state index contributed by atoms with van der Waals surface area (Å²) in [6.07, 6.45) is 0. The van der Waals surface area contributed by atoms with E-state index in [1.165, 1.54) is 11.3 Å². The second-order valence-electron chi connectivity index (χ2n) is 3.82. The van der Waals surface area contributed by atoms with Crippen molar-refractivity contribution in [1.82, 2.24) is 20.4 Å². The van der Waals surface area contributed by atoms with Crippen LogP contribution in [0.1, 0.15) is 16.1 Å². The van der Waals surface area contributed by atoms with Crippen molar-refractivity contribution in [2.45, 2.75) is 6.92 Å². The van der Waals surface area contributed by atoms with Gasteiger partial charge in [-0.1, -0.05) is 23.0 Å². The first-order valence-electron chi connectivity index (χ1n) is 5.26. The van der Waals surface area contributed by atoms with Gasteiger partial charge in [0.2, 0.25) is 5.13 Å². The normalized spacial score (nSPS) is 10.7. The molecule has 2 N–H and O–H groups in total. The zero-order valence-electron chi connectivity index (χ0n) is 9.47. The van der Waals surface area contributed by atoms with Crippen molar-refractivity contribution >= 4 is 33.3 Å². The maximum atomic E-state index is 12.0. The Balaban J connectivity index is 1.98. The first-order valence-corrected chi connectivity index (χ1v) is 6.14. The molecule has 0 spiro atoms. The van der Waals surface area contributed by atoms with E-state index in [4.69, 9.17) is 0 Å². The number of anilines is 1. The molecule has 0 fully saturated rings. The molecule has 90 valence electrons. The van der Waals surface area contributed by atoms with Crippen LogP contribution in [-0.2, 0) is 0 Å². The fourth-order valence-electron chi connectivity index (χ4n) is 1.68. The van der Waals surface area contributed by atoms with Crippen molar-refractivity contribution in [3.8, 4) is 0 Å². The molecular weight excluding hydrogens is 250 g/mol. The minimum atomic E-state index is -0.288. The highest BCUT2D eigenvalue weighted by molar-refractivity contribution is 7.13. The molecule has 0 radical (unpaired) electrons. The highest BCUT2D eigenvalue weighted by atomic mass is 32.1. The van der Waals surface area contributed by atoms with Crippen LogP contribution in [0, 0.1) is 6.92 Å². The van der Waals surface area contributed by atoms with Crippen molar-refractivity contribution in [2.24, 2.45) is 0 Å². The van der Waals surface area contributed by atoms with E-state index in [2.05, 4.69) is 25.7 Å². The standard InChI is InChI=1S/C11H9N5OS/c1-6-2-3-8-7(4-6)9(15-14-8)10(17)13-11-16-12-5-18-11/h2-5H,1H3,(H,14,15)(H,13,16,17). The van der Waals surface area contributed by atoms with Crippen LogP contribution in [0.25, 0.3) is 10.9 Å². The monoisotopic (exact) mass is 259 g/mol. The van der Waals surface area contributed by atoms with Gasteiger partial charge in [0.25, 0.3) is 5.91 Å². The van der Waals surface area contributed by atoms with Crippen LogP contribution < -0.4 is 5.32 Å². The second kappa shape index (κ2) is 4.19. The summed E-state index contributed by atoms with van der Waals surface area (Å²) in [6, 6.07) is 5.79. The third-order valence-electron chi connectivity index (χ3n) is 2.51. The molecule has 3 aromatic rings. The Kier molecular flexibility index (Phi) is 2.52. The van der Waals surface area contributed by atoms with Crippen LogP contribution in [0.5, 0.6) is 0 Å². The molecule has 2 aromatic heterocycles. The van der Waals surface area contributed by atoms with E-state index in [1.54, 1.807) is 5.51 Å². The summed E-state index contributed by atoms with van der Waals surface area (Å²) in [4.78, 5) is 12.0. The van der Waals surface area contributed by atoms with Gasteiger partial charge in [-0.3, -0.25) is 15.2 Å². The molecule has 0 aliphatic rings. The fraction of sp³-hybridized carbons (Fsp3) is 0.0909. The minimum absolute atomic E-state index is 0.288. The van der Waals surface area contributed by atoms with Gasteiger partial charge >= 0.3 is 0 Å². The molecule has 3 rings (SSSR count). The Hall–Kier alpha value is -2.28. The zero-order chi connectivity index (χ0) is 12.5. The first-order chi connectivity index (χ1) is 8.74. The summed E-state index contributed by atoms with van der Waals surface area (Å²) in [5, 5.41) is 18.2. The van der Waals surface area contributed by atoms with Gasteiger partial charge in [-0.25, -0.2) is 0 Å². The summed E-state index contributed by atoms with van der Waals surface area (Å²) in [7, 11) is 0. The van der Waals surface area contributed by atoms with Crippen LogP contribution in [0.3, 0.4) is 0 Å². The Labute approximate surface area is 106 Å². The van der Waals surface area contributed by atoms with Crippen LogP contribution in [0.4, 0.5) is 5.13 Å². The van der Waals surface area contributed by atoms with E-state index in [0.717, 1.165) is 16.5 Å². The number of amides is 1. The summed E-state index contributed by atoms with van der Waals surface area (Å²) in [5.74, 6) is -0.288. The second-order valence-corrected chi connectivity index (χ2v) is 4.65. The van der Waals surface area contributed by atoms with Crippen molar-refractivity contribution < 1.29 is 4.79 Å². The zero-order valence-corrected chi connectivity index (χ0v) is 10.3. The Morgan fingerprint density at radius 3 is 3.11 bits per heavy atom. The van der Waals surface area contributed by atoms with Crippen molar-refractivity contribution in [3.05, 3.63) is 35.0 Å².